The van der Waals surface area contributed by atoms with Crippen LogP contribution in [0.4, 0.5) is 0 Å². The maximum atomic E-state index is 4.02. The molecule has 0 amide bonds. The number of likely N-dealkylation sites (N-methyl/N-ethyl adjacent to an activating group) is 2. The van der Waals surface area contributed by atoms with Crippen LogP contribution in [0.2, 0.25) is 0 Å². The fraction of sp³-hybridized carbons (Fsp3) is 1.00. The fourth-order valence-corrected chi connectivity index (χ4v) is 0.764. The largest absolute Gasteiger partial charge is 1.00 e. The minimum atomic E-state index is 0. The minimum Gasteiger partial charge on any atom is -0.664 e. The van der Waals surface area contributed by atoms with Crippen LogP contribution in [0.5, 0.6) is 0 Å². The van der Waals surface area contributed by atoms with Crippen LogP contribution in [0, 0.1) is 0 Å². The Balaban J connectivity index is -0.0000000883. The molecule has 0 aromatic carbocycles. The minimum absolute atomic E-state index is 0. The summed E-state index contributed by atoms with van der Waals surface area (Å²) in [6.45, 7) is 13.5. The average Bonchev–Trinajstić information content (AvgIpc) is 2.21. The topological polar surface area (TPSA) is 17.3 Å². The van der Waals surface area contributed by atoms with Crippen molar-refractivity contribution < 1.29 is 58.2 Å². The van der Waals surface area contributed by atoms with Crippen LogP contribution in [0.25, 0.3) is 5.32 Å². The van der Waals surface area contributed by atoms with E-state index in [-0.39, 0.29) is 58.2 Å². The van der Waals surface area contributed by atoms with Crippen molar-refractivity contribution in [3.63, 3.8) is 0 Å². The zero-order valence-electron chi connectivity index (χ0n) is 11.7. The van der Waals surface area contributed by atoms with Gasteiger partial charge < -0.3 is 10.2 Å². The quantitative estimate of drug-likeness (QED) is 0.709. The Morgan fingerprint density at radius 2 is 1.43 bits per heavy atom. The molecular weight excluding hydrogens is 246 g/mol. The second-order valence-corrected chi connectivity index (χ2v) is 2.34. The van der Waals surface area contributed by atoms with Crippen LogP contribution in [0.3, 0.4) is 0 Å². The van der Waals surface area contributed by atoms with E-state index in [1.54, 1.807) is 0 Å². The van der Waals surface area contributed by atoms with E-state index >= 15 is 0 Å². The van der Waals surface area contributed by atoms with Crippen molar-refractivity contribution in [3.8, 4) is 0 Å². The first-order chi connectivity index (χ1) is 6.31. The average molecular weight is 275 g/mol. The van der Waals surface area contributed by atoms with Gasteiger partial charge in [0.1, 0.15) is 0 Å². The van der Waals surface area contributed by atoms with Gasteiger partial charge in [-0.1, -0.05) is 34.6 Å². The summed E-state index contributed by atoms with van der Waals surface area (Å²) in [5.41, 5.74) is 0. The van der Waals surface area contributed by atoms with Gasteiger partial charge in [0.25, 0.3) is 0 Å². The molecule has 0 fully saturated rings. The molecule has 0 unspecified atom stereocenters. The summed E-state index contributed by atoms with van der Waals surface area (Å²) in [7, 11) is 3.99. The summed E-state index contributed by atoms with van der Waals surface area (Å²) in [4.78, 5) is 2.30. The summed E-state index contributed by atoms with van der Waals surface area (Å²) in [6.07, 6.45) is 1.24. The van der Waals surface area contributed by atoms with Gasteiger partial charge in [-0.25, -0.2) is 0 Å². The molecule has 0 radical (unpaired) electrons. The molecule has 84 valence electrons. The number of rotatable bonds is 5. The Bertz CT molecular complexity index is 61.2. The van der Waals surface area contributed by atoms with Crippen molar-refractivity contribution in [1.82, 2.24) is 4.90 Å². The van der Waals surface area contributed by atoms with Crippen molar-refractivity contribution >= 4 is 0 Å². The second-order valence-electron chi connectivity index (χ2n) is 2.34. The molecular formula is C11H29N2Rb. The molecule has 0 spiro atoms. The normalized spacial score (nSPS) is 7.71. The molecule has 0 rings (SSSR count). The van der Waals surface area contributed by atoms with E-state index in [2.05, 4.69) is 24.2 Å². The van der Waals surface area contributed by atoms with Gasteiger partial charge in [-0.05, 0) is 26.6 Å². The summed E-state index contributed by atoms with van der Waals surface area (Å²) in [5.74, 6) is 0. The van der Waals surface area contributed by atoms with E-state index in [1.807, 2.05) is 34.7 Å². The number of nitrogens with zero attached hydrogens (tertiary/aromatic N) is 2. The second kappa shape index (κ2) is 29.3. The molecule has 0 atom stereocenters. The maximum absolute atomic E-state index is 4.02. The predicted molar refractivity (Wildman–Crippen MR) is 64.6 cm³/mol. The van der Waals surface area contributed by atoms with Crippen molar-refractivity contribution in [2.75, 3.05) is 33.7 Å². The zero-order valence-corrected chi connectivity index (χ0v) is 16.6. The third-order valence-corrected chi connectivity index (χ3v) is 1.31. The molecule has 2 nitrogen and oxygen atoms in total. The van der Waals surface area contributed by atoms with Gasteiger partial charge in [-0.2, -0.15) is 7.05 Å². The van der Waals surface area contributed by atoms with Gasteiger partial charge in [0, 0.05) is 0 Å². The van der Waals surface area contributed by atoms with E-state index in [4.69, 9.17) is 0 Å². The van der Waals surface area contributed by atoms with Crippen LogP contribution >= 0.6 is 0 Å². The smallest absolute Gasteiger partial charge is 0.664 e. The predicted octanol–water partition coefficient (Wildman–Crippen LogP) is 0.388. The molecule has 0 heterocycles. The van der Waals surface area contributed by atoms with Gasteiger partial charge in [-0.15, -0.1) is 6.54 Å². The summed E-state index contributed by atoms with van der Waals surface area (Å²) < 4.78 is 0. The Labute approximate surface area is 141 Å². The standard InChI is InChI=1S/C7H17N2.2C2H6.Rb/c1-4-6-9(3)7-5-8-2;2*1-2;/h4-7H2,1-3H3;2*1-2H3;/q-1;;;+1. The van der Waals surface area contributed by atoms with Crippen molar-refractivity contribution in [2.45, 2.75) is 41.0 Å². The van der Waals surface area contributed by atoms with E-state index < -0.39 is 0 Å². The molecule has 0 saturated heterocycles. The van der Waals surface area contributed by atoms with Crippen molar-refractivity contribution in [1.29, 1.82) is 0 Å². The maximum Gasteiger partial charge on any atom is 1.00 e. The first kappa shape index (κ1) is 24.8. The van der Waals surface area contributed by atoms with Crippen LogP contribution in [-0.2, 0) is 0 Å². The van der Waals surface area contributed by atoms with Gasteiger partial charge in [0.05, 0.1) is 0 Å². The fourth-order valence-electron chi connectivity index (χ4n) is 0.764. The van der Waals surface area contributed by atoms with E-state index in [1.165, 1.54) is 13.0 Å². The van der Waals surface area contributed by atoms with Crippen LogP contribution < -0.4 is 58.2 Å². The first-order valence-electron chi connectivity index (χ1n) is 5.55. The SMILES string of the molecule is CC.CC.CCCN(C)CC[N-]C.[Rb+]. The van der Waals surface area contributed by atoms with Gasteiger partial charge >= 0.3 is 58.2 Å². The molecule has 0 aliphatic carbocycles. The van der Waals surface area contributed by atoms with Crippen LogP contribution in [0.15, 0.2) is 0 Å². The van der Waals surface area contributed by atoms with E-state index in [0.29, 0.717) is 0 Å². The monoisotopic (exact) mass is 274 g/mol. The Morgan fingerprint density at radius 1 is 1.00 bits per heavy atom. The summed E-state index contributed by atoms with van der Waals surface area (Å²) in [5, 5.41) is 4.02. The molecule has 0 N–H and O–H groups in total. The molecule has 0 aliphatic rings. The Morgan fingerprint density at radius 3 is 1.71 bits per heavy atom. The third kappa shape index (κ3) is 29.2. The molecule has 0 bridgehead atoms. The molecule has 0 aromatic heterocycles. The summed E-state index contributed by atoms with van der Waals surface area (Å²) >= 11 is 0. The van der Waals surface area contributed by atoms with Gasteiger partial charge in [0.2, 0.25) is 0 Å². The van der Waals surface area contributed by atoms with Gasteiger partial charge in [0.15, 0.2) is 0 Å². The van der Waals surface area contributed by atoms with Gasteiger partial charge in [-0.3, -0.25) is 0 Å². The Kier molecular flexibility index (Phi) is 52.0. The third-order valence-electron chi connectivity index (χ3n) is 1.31. The molecule has 0 aliphatic heterocycles. The van der Waals surface area contributed by atoms with Crippen LogP contribution in [-0.4, -0.2) is 38.6 Å². The zero-order chi connectivity index (χ0) is 11.1. The summed E-state index contributed by atoms with van der Waals surface area (Å²) in [6, 6.07) is 0. The molecule has 3 heteroatoms. The molecule has 14 heavy (non-hydrogen) atoms. The molecule has 0 saturated carbocycles. The van der Waals surface area contributed by atoms with Crippen molar-refractivity contribution in [3.05, 3.63) is 5.32 Å². The Hall–Kier alpha value is 1.73. The van der Waals surface area contributed by atoms with Crippen molar-refractivity contribution in [2.24, 2.45) is 0 Å². The first-order valence-corrected chi connectivity index (χ1v) is 5.55. The van der Waals surface area contributed by atoms with Crippen LogP contribution in [0.1, 0.15) is 41.0 Å². The van der Waals surface area contributed by atoms with E-state index in [9.17, 15) is 0 Å². The molecule has 0 aromatic rings. The van der Waals surface area contributed by atoms with E-state index in [0.717, 1.165) is 13.1 Å². The number of hydrogen-bond donors (Lipinski definition) is 0. The number of hydrogen-bond acceptors (Lipinski definition) is 1.